The van der Waals surface area contributed by atoms with E-state index in [0.29, 0.717) is 11.4 Å². The molecule has 0 unspecified atom stereocenters. The molecule has 2 aromatic carbocycles. The van der Waals surface area contributed by atoms with E-state index in [4.69, 9.17) is 4.74 Å². The van der Waals surface area contributed by atoms with E-state index in [1.54, 1.807) is 6.08 Å². The summed E-state index contributed by atoms with van der Waals surface area (Å²) >= 11 is 0. The molecule has 0 aliphatic rings. The van der Waals surface area contributed by atoms with Crippen molar-refractivity contribution in [2.45, 2.75) is 13.8 Å². The van der Waals surface area contributed by atoms with Crippen molar-refractivity contribution in [3.63, 3.8) is 0 Å². The number of carbonyl (C=O) groups is 1. The molecular formula is C17H17NO2. The number of para-hydroxylation sites is 3. The van der Waals surface area contributed by atoms with Gasteiger partial charge in [-0.1, -0.05) is 35.9 Å². The van der Waals surface area contributed by atoms with Gasteiger partial charge >= 0.3 is 0 Å². The van der Waals surface area contributed by atoms with Crippen molar-refractivity contribution < 1.29 is 9.53 Å². The van der Waals surface area contributed by atoms with Crippen molar-refractivity contribution >= 4 is 11.6 Å². The van der Waals surface area contributed by atoms with Crippen LogP contribution in [0.25, 0.3) is 0 Å². The fourth-order valence-corrected chi connectivity index (χ4v) is 1.71. The molecule has 0 bridgehead atoms. The Kier molecular flexibility index (Phi) is 4.56. The first-order chi connectivity index (χ1) is 9.65. The van der Waals surface area contributed by atoms with Crippen molar-refractivity contribution in [2.75, 3.05) is 5.32 Å². The third-order valence-corrected chi connectivity index (χ3v) is 2.54. The van der Waals surface area contributed by atoms with E-state index in [1.807, 2.05) is 68.4 Å². The quantitative estimate of drug-likeness (QED) is 0.835. The standard InChI is InChI=1S/C17H17NO2/c1-13(2)12-17(19)18-15-10-6-7-11-16(15)20-14-8-4-3-5-9-14/h3-12H,1-2H3,(H,18,19). The lowest BCUT2D eigenvalue weighted by Gasteiger charge is -2.11. The van der Waals surface area contributed by atoms with Crippen LogP contribution in [0.3, 0.4) is 0 Å². The number of nitrogens with one attached hydrogen (secondary N) is 1. The summed E-state index contributed by atoms with van der Waals surface area (Å²) in [6.45, 7) is 3.76. The van der Waals surface area contributed by atoms with Gasteiger partial charge in [-0.2, -0.15) is 0 Å². The Morgan fingerprint density at radius 2 is 1.65 bits per heavy atom. The average Bonchev–Trinajstić information content (AvgIpc) is 2.41. The first kappa shape index (κ1) is 13.9. The number of carbonyl (C=O) groups excluding carboxylic acids is 1. The monoisotopic (exact) mass is 267 g/mol. The lowest BCUT2D eigenvalue weighted by molar-refractivity contribution is -0.112. The Hall–Kier alpha value is -2.55. The molecule has 3 nitrogen and oxygen atoms in total. The lowest BCUT2D eigenvalue weighted by atomic mass is 10.2. The van der Waals surface area contributed by atoms with Crippen LogP contribution in [-0.2, 0) is 4.79 Å². The van der Waals surface area contributed by atoms with Crippen LogP contribution in [0.1, 0.15) is 13.8 Å². The Bertz CT molecular complexity index is 614. The first-order valence-corrected chi connectivity index (χ1v) is 6.43. The van der Waals surface area contributed by atoms with Gasteiger partial charge in [0.2, 0.25) is 5.91 Å². The minimum atomic E-state index is -0.158. The SMILES string of the molecule is CC(C)=CC(=O)Nc1ccccc1Oc1ccccc1. The number of hydrogen-bond acceptors (Lipinski definition) is 2. The average molecular weight is 267 g/mol. The molecule has 0 heterocycles. The molecule has 1 N–H and O–H groups in total. The molecule has 0 saturated carbocycles. The third-order valence-electron chi connectivity index (χ3n) is 2.54. The number of benzene rings is 2. The molecule has 20 heavy (non-hydrogen) atoms. The van der Waals surface area contributed by atoms with E-state index in [1.165, 1.54) is 0 Å². The molecule has 0 atom stereocenters. The van der Waals surface area contributed by atoms with Crippen molar-refractivity contribution in [1.29, 1.82) is 0 Å². The van der Waals surface area contributed by atoms with Gasteiger partial charge in [0.1, 0.15) is 5.75 Å². The Balaban J connectivity index is 2.18. The van der Waals surface area contributed by atoms with Crippen LogP contribution in [0.2, 0.25) is 0 Å². The van der Waals surface area contributed by atoms with Gasteiger partial charge in [-0.3, -0.25) is 4.79 Å². The minimum Gasteiger partial charge on any atom is -0.455 e. The van der Waals surface area contributed by atoms with Gasteiger partial charge in [-0.15, -0.1) is 0 Å². The van der Waals surface area contributed by atoms with Crippen LogP contribution in [0.5, 0.6) is 11.5 Å². The van der Waals surface area contributed by atoms with E-state index >= 15 is 0 Å². The summed E-state index contributed by atoms with van der Waals surface area (Å²) in [6, 6.07) is 16.8. The van der Waals surface area contributed by atoms with Gasteiger partial charge in [-0.25, -0.2) is 0 Å². The Morgan fingerprint density at radius 3 is 2.35 bits per heavy atom. The molecular weight excluding hydrogens is 250 g/mol. The lowest BCUT2D eigenvalue weighted by Crippen LogP contribution is -2.09. The summed E-state index contributed by atoms with van der Waals surface area (Å²) in [5.41, 5.74) is 1.60. The second-order valence-electron chi connectivity index (χ2n) is 4.62. The Morgan fingerprint density at radius 1 is 1.00 bits per heavy atom. The van der Waals surface area contributed by atoms with Crippen LogP contribution in [-0.4, -0.2) is 5.91 Å². The zero-order chi connectivity index (χ0) is 14.4. The van der Waals surface area contributed by atoms with Gasteiger partial charge in [-0.05, 0) is 38.1 Å². The predicted octanol–water partition coefficient (Wildman–Crippen LogP) is 4.38. The van der Waals surface area contributed by atoms with Crippen LogP contribution >= 0.6 is 0 Å². The van der Waals surface area contributed by atoms with Gasteiger partial charge in [0, 0.05) is 6.08 Å². The van der Waals surface area contributed by atoms with E-state index in [2.05, 4.69) is 5.32 Å². The fourth-order valence-electron chi connectivity index (χ4n) is 1.71. The van der Waals surface area contributed by atoms with E-state index in [0.717, 1.165) is 11.3 Å². The zero-order valence-corrected chi connectivity index (χ0v) is 11.6. The predicted molar refractivity (Wildman–Crippen MR) is 81.0 cm³/mol. The summed E-state index contributed by atoms with van der Waals surface area (Å²) in [6.07, 6.45) is 1.55. The number of amides is 1. The number of allylic oxidation sites excluding steroid dienone is 1. The molecule has 1 amide bonds. The van der Waals surface area contributed by atoms with E-state index in [9.17, 15) is 4.79 Å². The number of anilines is 1. The maximum Gasteiger partial charge on any atom is 0.248 e. The van der Waals surface area contributed by atoms with Gasteiger partial charge in [0.05, 0.1) is 5.69 Å². The maximum atomic E-state index is 11.8. The highest BCUT2D eigenvalue weighted by atomic mass is 16.5. The first-order valence-electron chi connectivity index (χ1n) is 6.43. The second kappa shape index (κ2) is 6.57. The normalized spacial score (nSPS) is 9.70. The molecule has 3 heteroatoms. The van der Waals surface area contributed by atoms with Gasteiger partial charge < -0.3 is 10.1 Å². The number of ether oxygens (including phenoxy) is 1. The summed E-state index contributed by atoms with van der Waals surface area (Å²) in [7, 11) is 0. The van der Waals surface area contributed by atoms with Crippen molar-refractivity contribution in [2.24, 2.45) is 0 Å². The molecule has 2 rings (SSSR count). The number of rotatable bonds is 4. The van der Waals surface area contributed by atoms with Crippen LogP contribution in [0.15, 0.2) is 66.2 Å². The number of hydrogen-bond donors (Lipinski definition) is 1. The molecule has 0 fully saturated rings. The molecule has 0 aromatic heterocycles. The summed E-state index contributed by atoms with van der Waals surface area (Å²) in [5.74, 6) is 1.19. The smallest absolute Gasteiger partial charge is 0.248 e. The van der Waals surface area contributed by atoms with Crippen molar-refractivity contribution in [3.05, 3.63) is 66.2 Å². The maximum absolute atomic E-state index is 11.8. The van der Waals surface area contributed by atoms with Gasteiger partial charge in [0.15, 0.2) is 5.75 Å². The highest BCUT2D eigenvalue weighted by molar-refractivity contribution is 6.00. The zero-order valence-electron chi connectivity index (χ0n) is 11.6. The molecule has 0 radical (unpaired) electrons. The second-order valence-corrected chi connectivity index (χ2v) is 4.62. The van der Waals surface area contributed by atoms with Crippen molar-refractivity contribution in [3.8, 4) is 11.5 Å². The topological polar surface area (TPSA) is 38.3 Å². The molecule has 2 aromatic rings. The minimum absolute atomic E-state index is 0.158. The molecule has 102 valence electrons. The van der Waals surface area contributed by atoms with E-state index in [-0.39, 0.29) is 5.91 Å². The Labute approximate surface area is 118 Å². The highest BCUT2D eigenvalue weighted by Crippen LogP contribution is 2.29. The summed E-state index contributed by atoms with van der Waals surface area (Å²) < 4.78 is 5.78. The van der Waals surface area contributed by atoms with Crippen LogP contribution < -0.4 is 10.1 Å². The molecule has 0 aliphatic heterocycles. The summed E-state index contributed by atoms with van der Waals surface area (Å²) in [4.78, 5) is 11.8. The molecule has 0 spiro atoms. The molecule has 0 aliphatic carbocycles. The van der Waals surface area contributed by atoms with Crippen LogP contribution in [0, 0.1) is 0 Å². The van der Waals surface area contributed by atoms with Crippen LogP contribution in [0.4, 0.5) is 5.69 Å². The third kappa shape index (κ3) is 3.99. The van der Waals surface area contributed by atoms with Gasteiger partial charge in [0.25, 0.3) is 0 Å². The fraction of sp³-hybridized carbons (Fsp3) is 0.118. The summed E-state index contributed by atoms with van der Waals surface area (Å²) in [5, 5.41) is 2.82. The highest BCUT2D eigenvalue weighted by Gasteiger charge is 2.06. The molecule has 0 saturated heterocycles. The van der Waals surface area contributed by atoms with Crippen molar-refractivity contribution in [1.82, 2.24) is 0 Å². The van der Waals surface area contributed by atoms with E-state index < -0.39 is 0 Å². The largest absolute Gasteiger partial charge is 0.455 e.